The van der Waals surface area contributed by atoms with Gasteiger partial charge in [-0.3, -0.25) is 4.79 Å². The summed E-state index contributed by atoms with van der Waals surface area (Å²) in [6, 6.07) is 5.89. The molecule has 0 saturated carbocycles. The Morgan fingerprint density at radius 2 is 1.97 bits per heavy atom. The van der Waals surface area contributed by atoms with E-state index in [1.54, 1.807) is 19.9 Å². The first-order valence-corrected chi connectivity index (χ1v) is 9.59. The molecule has 1 amide bonds. The minimum absolute atomic E-state index is 0.150. The van der Waals surface area contributed by atoms with Gasteiger partial charge in [0.05, 0.1) is 23.4 Å². The van der Waals surface area contributed by atoms with Crippen LogP contribution >= 0.6 is 0 Å². The lowest BCUT2D eigenvalue weighted by atomic mass is 9.92. The summed E-state index contributed by atoms with van der Waals surface area (Å²) in [6.07, 6.45) is 1.85. The fourth-order valence-electron chi connectivity index (χ4n) is 2.90. The van der Waals surface area contributed by atoms with E-state index < -0.39 is 30.1 Å². The normalized spacial score (nSPS) is 24.9. The van der Waals surface area contributed by atoms with Crippen molar-refractivity contribution in [2.24, 2.45) is 0 Å². The van der Waals surface area contributed by atoms with Gasteiger partial charge in [0, 0.05) is 12.1 Å². The zero-order valence-electron chi connectivity index (χ0n) is 16.9. The minimum atomic E-state index is -1.02. The number of allylic oxidation sites excluding steroid dienone is 1. The van der Waals surface area contributed by atoms with Gasteiger partial charge in [-0.25, -0.2) is 4.79 Å². The summed E-state index contributed by atoms with van der Waals surface area (Å²) < 4.78 is 11.4. The van der Waals surface area contributed by atoms with Gasteiger partial charge in [0.1, 0.15) is 6.10 Å². The third-order valence-corrected chi connectivity index (χ3v) is 4.78. The van der Waals surface area contributed by atoms with Crippen LogP contribution in [0, 0.1) is 0 Å². The number of hydrogen-bond donors (Lipinski definition) is 4. The molecule has 1 saturated heterocycles. The molecule has 2 rings (SSSR count). The van der Waals surface area contributed by atoms with Gasteiger partial charge >= 0.3 is 5.97 Å². The number of hydrogen-bond acceptors (Lipinski definition) is 6. The first kappa shape index (κ1) is 23.0. The van der Waals surface area contributed by atoms with Crippen LogP contribution in [0.2, 0.25) is 0 Å². The van der Waals surface area contributed by atoms with Crippen molar-refractivity contribution < 1.29 is 34.4 Å². The molecule has 0 bridgehead atoms. The van der Waals surface area contributed by atoms with Crippen LogP contribution in [0.15, 0.2) is 36.4 Å². The lowest BCUT2D eigenvalue weighted by molar-refractivity contribution is -0.304. The molecule has 1 aromatic carbocycles. The first-order valence-electron chi connectivity index (χ1n) is 9.59. The highest BCUT2D eigenvalue weighted by atomic mass is 16.7. The van der Waals surface area contributed by atoms with Crippen LogP contribution in [0.3, 0.4) is 0 Å². The van der Waals surface area contributed by atoms with Gasteiger partial charge in [-0.15, -0.1) is 0 Å². The van der Waals surface area contributed by atoms with Crippen LogP contribution in [0.1, 0.15) is 50.4 Å². The topological polar surface area (TPSA) is 125 Å². The molecule has 8 heteroatoms. The fourth-order valence-corrected chi connectivity index (χ4v) is 2.90. The molecule has 160 valence electrons. The quantitative estimate of drug-likeness (QED) is 0.487. The number of nitrogens with one attached hydrogen (secondary N) is 1. The highest BCUT2D eigenvalue weighted by molar-refractivity contribution is 5.99. The molecular formula is C21H29NO7. The van der Waals surface area contributed by atoms with Crippen molar-refractivity contribution in [3.63, 3.8) is 0 Å². The Kier molecular flexibility index (Phi) is 7.92. The molecule has 8 nitrogen and oxygen atoms in total. The molecule has 4 N–H and O–H groups in total. The fraction of sp³-hybridized carbons (Fsp3) is 0.524. The predicted molar refractivity (Wildman–Crippen MR) is 107 cm³/mol. The summed E-state index contributed by atoms with van der Waals surface area (Å²) in [5.41, 5.74) is -0.128. The third kappa shape index (κ3) is 6.93. The van der Waals surface area contributed by atoms with Crippen LogP contribution in [0.5, 0.6) is 0 Å². The van der Waals surface area contributed by atoms with E-state index in [0.29, 0.717) is 18.5 Å². The molecule has 0 radical (unpaired) electrons. The maximum atomic E-state index is 11.9. The van der Waals surface area contributed by atoms with Crippen molar-refractivity contribution in [1.29, 1.82) is 0 Å². The number of rotatable bonds is 8. The SMILES string of the molecule is CC(CCC=CC(=O)Nc1ccc(C(=O)O)cc1)OC1OC(C)(C)C(O)CC1O. The number of anilines is 1. The lowest BCUT2D eigenvalue weighted by Crippen LogP contribution is -2.54. The molecule has 0 aliphatic carbocycles. The zero-order chi connectivity index (χ0) is 21.6. The Balaban J connectivity index is 1.73. The van der Waals surface area contributed by atoms with Crippen LogP contribution in [0.25, 0.3) is 0 Å². The third-order valence-electron chi connectivity index (χ3n) is 4.78. The van der Waals surface area contributed by atoms with Gasteiger partial charge < -0.3 is 30.1 Å². The van der Waals surface area contributed by atoms with Crippen LogP contribution in [-0.4, -0.2) is 57.4 Å². The molecule has 1 aliphatic heterocycles. The van der Waals surface area contributed by atoms with E-state index in [9.17, 15) is 19.8 Å². The minimum Gasteiger partial charge on any atom is -0.478 e. The van der Waals surface area contributed by atoms with E-state index in [2.05, 4.69) is 5.32 Å². The second-order valence-corrected chi connectivity index (χ2v) is 7.71. The predicted octanol–water partition coefficient (Wildman–Crippen LogP) is 2.31. The number of amides is 1. The van der Waals surface area contributed by atoms with Crippen molar-refractivity contribution in [2.45, 2.75) is 70.2 Å². The Morgan fingerprint density at radius 1 is 1.31 bits per heavy atom. The summed E-state index contributed by atoms with van der Waals surface area (Å²) >= 11 is 0. The van der Waals surface area contributed by atoms with Crippen molar-refractivity contribution in [3.05, 3.63) is 42.0 Å². The standard InChI is InChI=1S/C21H29NO7/c1-13(28-20-16(23)12-17(24)21(2,3)29-20)6-4-5-7-18(25)22-15-10-8-14(9-11-15)19(26)27/h5,7-11,13,16-17,20,23-24H,4,6,12H2,1-3H3,(H,22,25)(H,26,27). The Morgan fingerprint density at radius 3 is 2.59 bits per heavy atom. The van der Waals surface area contributed by atoms with Gasteiger partial charge in [-0.05, 0) is 64.0 Å². The van der Waals surface area contributed by atoms with E-state index in [1.165, 1.54) is 30.3 Å². The molecule has 29 heavy (non-hydrogen) atoms. The Bertz CT molecular complexity index is 729. The Labute approximate surface area is 170 Å². The van der Waals surface area contributed by atoms with Crippen LogP contribution < -0.4 is 5.32 Å². The maximum Gasteiger partial charge on any atom is 0.335 e. The van der Waals surface area contributed by atoms with Crippen molar-refractivity contribution in [1.82, 2.24) is 0 Å². The molecular weight excluding hydrogens is 378 g/mol. The highest BCUT2D eigenvalue weighted by Gasteiger charge is 2.42. The van der Waals surface area contributed by atoms with Gasteiger partial charge in [0.25, 0.3) is 0 Å². The Hall–Kier alpha value is -2.26. The van der Waals surface area contributed by atoms with E-state index in [4.69, 9.17) is 14.6 Å². The largest absolute Gasteiger partial charge is 0.478 e. The molecule has 4 atom stereocenters. The zero-order valence-corrected chi connectivity index (χ0v) is 16.9. The first-order chi connectivity index (χ1) is 13.6. The highest BCUT2D eigenvalue weighted by Crippen LogP contribution is 2.30. The second kappa shape index (κ2) is 9.98. The second-order valence-electron chi connectivity index (χ2n) is 7.71. The number of carbonyl (C=O) groups excluding carboxylic acids is 1. The van der Waals surface area contributed by atoms with Gasteiger partial charge in [0.2, 0.25) is 5.91 Å². The van der Waals surface area contributed by atoms with Crippen molar-refractivity contribution >= 4 is 17.6 Å². The number of ether oxygens (including phenoxy) is 2. The summed E-state index contributed by atoms with van der Waals surface area (Å²) in [4.78, 5) is 22.7. The van der Waals surface area contributed by atoms with Crippen LogP contribution in [-0.2, 0) is 14.3 Å². The summed E-state index contributed by atoms with van der Waals surface area (Å²) in [5.74, 6) is -1.34. The van der Waals surface area contributed by atoms with E-state index >= 15 is 0 Å². The van der Waals surface area contributed by atoms with Gasteiger partial charge in [-0.2, -0.15) is 0 Å². The number of aliphatic hydroxyl groups excluding tert-OH is 2. The number of benzene rings is 1. The molecule has 4 unspecified atom stereocenters. The maximum absolute atomic E-state index is 11.9. The lowest BCUT2D eigenvalue weighted by Gasteiger charge is -2.43. The van der Waals surface area contributed by atoms with E-state index in [0.717, 1.165) is 0 Å². The number of carbonyl (C=O) groups is 2. The van der Waals surface area contributed by atoms with E-state index in [1.807, 2.05) is 6.92 Å². The molecule has 1 heterocycles. The molecule has 1 aliphatic rings. The van der Waals surface area contributed by atoms with Crippen molar-refractivity contribution in [3.8, 4) is 0 Å². The number of carboxylic acids is 1. The number of aliphatic hydroxyl groups is 2. The molecule has 1 aromatic rings. The summed E-state index contributed by atoms with van der Waals surface area (Å²) in [6.45, 7) is 5.36. The average molecular weight is 407 g/mol. The van der Waals surface area contributed by atoms with Crippen LogP contribution in [0.4, 0.5) is 5.69 Å². The van der Waals surface area contributed by atoms with E-state index in [-0.39, 0.29) is 24.0 Å². The average Bonchev–Trinajstić information content (AvgIpc) is 2.63. The summed E-state index contributed by atoms with van der Waals surface area (Å²) in [7, 11) is 0. The van der Waals surface area contributed by atoms with Crippen molar-refractivity contribution in [2.75, 3.05) is 5.32 Å². The number of carboxylic acid groups (broad SMARTS) is 1. The molecule has 1 fully saturated rings. The smallest absolute Gasteiger partial charge is 0.335 e. The van der Waals surface area contributed by atoms with Gasteiger partial charge in [-0.1, -0.05) is 6.08 Å². The number of aromatic carboxylic acids is 1. The monoisotopic (exact) mass is 407 g/mol. The molecule has 0 aromatic heterocycles. The molecule has 0 spiro atoms. The summed E-state index contributed by atoms with van der Waals surface area (Å²) in [5, 5.41) is 31.5. The van der Waals surface area contributed by atoms with Gasteiger partial charge in [0.15, 0.2) is 6.29 Å².